The summed E-state index contributed by atoms with van der Waals surface area (Å²) in [5, 5.41) is 10.4. The van der Waals surface area contributed by atoms with E-state index in [1.807, 2.05) is 48.5 Å². The van der Waals surface area contributed by atoms with Crippen LogP contribution in [0.3, 0.4) is 0 Å². The number of aliphatic imine (C=N–C) groups is 1. The number of nitrogens with one attached hydrogen (secondary N) is 1. The number of aliphatic hydroxyl groups excluding tert-OH is 1. The average molecular weight is 365 g/mol. The molecule has 3 aromatic carbocycles. The van der Waals surface area contributed by atoms with E-state index in [4.69, 9.17) is 0 Å². The molecule has 1 heterocycles. The van der Waals surface area contributed by atoms with Gasteiger partial charge in [-0.25, -0.2) is 4.98 Å². The molecule has 1 aliphatic carbocycles. The fourth-order valence-corrected chi connectivity index (χ4v) is 3.41. The lowest BCUT2D eigenvalue weighted by Crippen LogP contribution is -1.99. The molecule has 0 amide bonds. The quantitative estimate of drug-likeness (QED) is 0.496. The van der Waals surface area contributed by atoms with Crippen LogP contribution >= 0.6 is 0 Å². The summed E-state index contributed by atoms with van der Waals surface area (Å²) in [7, 11) is 0. The van der Waals surface area contributed by atoms with Crippen molar-refractivity contribution in [1.29, 1.82) is 0 Å². The third kappa shape index (κ3) is 2.53. The predicted molar refractivity (Wildman–Crippen MR) is 110 cm³/mol. The van der Waals surface area contributed by atoms with Crippen molar-refractivity contribution in [2.45, 2.75) is 0 Å². The van der Waals surface area contributed by atoms with Gasteiger partial charge < -0.3 is 10.1 Å². The van der Waals surface area contributed by atoms with E-state index in [1.165, 1.54) is 6.21 Å². The number of rotatable bonds is 3. The highest BCUT2D eigenvalue weighted by molar-refractivity contribution is 6.30. The van der Waals surface area contributed by atoms with Crippen LogP contribution in [0.25, 0.3) is 28.2 Å². The minimum Gasteiger partial charge on any atom is -0.506 e. The number of fused-ring (bicyclic) bond motifs is 2. The van der Waals surface area contributed by atoms with Gasteiger partial charge in [0.15, 0.2) is 5.78 Å². The number of aliphatic hydroxyl groups is 1. The third-order valence-corrected chi connectivity index (χ3v) is 4.81. The van der Waals surface area contributed by atoms with E-state index < -0.39 is 0 Å². The fraction of sp³-hybridized carbons (Fsp3) is 0. The highest BCUT2D eigenvalue weighted by Gasteiger charge is 2.28. The van der Waals surface area contributed by atoms with Crippen LogP contribution in [0.4, 0.5) is 5.69 Å². The summed E-state index contributed by atoms with van der Waals surface area (Å²) in [6.45, 7) is 0. The first-order valence-corrected chi connectivity index (χ1v) is 8.88. The Morgan fingerprint density at radius 3 is 2.32 bits per heavy atom. The SMILES string of the molecule is O=C1C(C=Nc2ccccc2-c2nc3ccccc3[nH]2)=C(O)c2ccccc21. The molecule has 2 N–H and O–H groups in total. The fourth-order valence-electron chi connectivity index (χ4n) is 3.41. The van der Waals surface area contributed by atoms with Gasteiger partial charge in [0, 0.05) is 22.9 Å². The van der Waals surface area contributed by atoms with Crippen molar-refractivity contribution in [3.63, 3.8) is 0 Å². The van der Waals surface area contributed by atoms with Gasteiger partial charge in [0.2, 0.25) is 0 Å². The van der Waals surface area contributed by atoms with Crippen LogP contribution in [-0.4, -0.2) is 27.1 Å². The maximum atomic E-state index is 12.6. The molecule has 0 radical (unpaired) electrons. The Bertz CT molecular complexity index is 1260. The summed E-state index contributed by atoms with van der Waals surface area (Å²) in [5.41, 5.74) is 4.52. The van der Waals surface area contributed by atoms with Gasteiger partial charge >= 0.3 is 0 Å². The molecule has 28 heavy (non-hydrogen) atoms. The molecule has 5 nitrogen and oxygen atoms in total. The minimum absolute atomic E-state index is 0.0365. The lowest BCUT2D eigenvalue weighted by Gasteiger charge is -2.02. The maximum Gasteiger partial charge on any atom is 0.199 e. The molecular weight excluding hydrogens is 350 g/mol. The molecule has 5 rings (SSSR count). The molecule has 0 fully saturated rings. The van der Waals surface area contributed by atoms with Gasteiger partial charge in [0.25, 0.3) is 0 Å². The number of hydrogen-bond acceptors (Lipinski definition) is 4. The van der Waals surface area contributed by atoms with E-state index in [9.17, 15) is 9.90 Å². The van der Waals surface area contributed by atoms with E-state index in [0.29, 0.717) is 22.6 Å². The van der Waals surface area contributed by atoms with E-state index in [0.717, 1.165) is 16.6 Å². The third-order valence-electron chi connectivity index (χ3n) is 4.81. The van der Waals surface area contributed by atoms with Crippen LogP contribution in [0.2, 0.25) is 0 Å². The molecule has 5 heteroatoms. The highest BCUT2D eigenvalue weighted by atomic mass is 16.3. The number of imidazole rings is 1. The van der Waals surface area contributed by atoms with Gasteiger partial charge in [-0.3, -0.25) is 9.79 Å². The van der Waals surface area contributed by atoms with Gasteiger partial charge in [-0.2, -0.15) is 0 Å². The molecule has 0 saturated carbocycles. The number of benzene rings is 3. The molecule has 0 atom stereocenters. The van der Waals surface area contributed by atoms with Crippen molar-refractivity contribution in [3.05, 3.63) is 89.5 Å². The first-order chi connectivity index (χ1) is 13.7. The number of aromatic nitrogens is 2. The van der Waals surface area contributed by atoms with Crippen molar-refractivity contribution in [2.75, 3.05) is 0 Å². The van der Waals surface area contributed by atoms with Gasteiger partial charge in [-0.15, -0.1) is 0 Å². The number of hydrogen-bond donors (Lipinski definition) is 2. The van der Waals surface area contributed by atoms with E-state index in [1.54, 1.807) is 24.3 Å². The van der Waals surface area contributed by atoms with Crippen molar-refractivity contribution in [3.8, 4) is 11.4 Å². The topological polar surface area (TPSA) is 78.3 Å². The van der Waals surface area contributed by atoms with Crippen molar-refractivity contribution >= 4 is 34.5 Å². The summed E-state index contributed by atoms with van der Waals surface area (Å²) in [5.74, 6) is 0.442. The second-order valence-electron chi connectivity index (χ2n) is 6.51. The lowest BCUT2D eigenvalue weighted by atomic mass is 10.1. The summed E-state index contributed by atoms with van der Waals surface area (Å²) < 4.78 is 0. The molecule has 1 aliphatic rings. The standard InChI is InChI=1S/C23H15N3O2/c27-21-14-7-1-2-8-15(14)22(28)17(21)13-24-18-10-4-3-9-16(18)23-25-19-11-5-6-12-20(19)26-23/h1-13,27H,(H,25,26). The Hall–Kier alpha value is -3.99. The summed E-state index contributed by atoms with van der Waals surface area (Å²) in [6, 6.07) is 22.4. The second-order valence-corrected chi connectivity index (χ2v) is 6.51. The van der Waals surface area contributed by atoms with Crippen LogP contribution in [0, 0.1) is 0 Å². The molecule has 0 bridgehead atoms. The largest absolute Gasteiger partial charge is 0.506 e. The number of H-pyrrole nitrogens is 1. The van der Waals surface area contributed by atoms with Gasteiger partial charge in [0.05, 0.1) is 22.3 Å². The Kier molecular flexibility index (Phi) is 3.66. The maximum absolute atomic E-state index is 12.6. The van der Waals surface area contributed by atoms with Crippen molar-refractivity contribution < 1.29 is 9.90 Å². The number of ketones is 1. The average Bonchev–Trinajstić information content (AvgIpc) is 3.27. The first kappa shape index (κ1) is 16.2. The monoisotopic (exact) mass is 365 g/mol. The molecule has 1 aromatic heterocycles. The number of aromatic amines is 1. The minimum atomic E-state index is -0.224. The van der Waals surface area contributed by atoms with Crippen LogP contribution in [0.5, 0.6) is 0 Å². The van der Waals surface area contributed by atoms with E-state index >= 15 is 0 Å². The zero-order valence-corrected chi connectivity index (χ0v) is 14.8. The van der Waals surface area contributed by atoms with Crippen molar-refractivity contribution in [2.24, 2.45) is 4.99 Å². The predicted octanol–water partition coefficient (Wildman–Crippen LogP) is 5.10. The lowest BCUT2D eigenvalue weighted by molar-refractivity contribution is 0.104. The van der Waals surface area contributed by atoms with E-state index in [2.05, 4.69) is 15.0 Å². The van der Waals surface area contributed by atoms with E-state index in [-0.39, 0.29) is 17.1 Å². The van der Waals surface area contributed by atoms with Crippen LogP contribution < -0.4 is 0 Å². The molecule has 0 aliphatic heterocycles. The Morgan fingerprint density at radius 1 is 0.857 bits per heavy atom. The molecule has 0 saturated heterocycles. The molecule has 0 spiro atoms. The zero-order valence-electron chi connectivity index (χ0n) is 14.8. The van der Waals surface area contributed by atoms with Crippen LogP contribution in [0.15, 0.2) is 83.4 Å². The highest BCUT2D eigenvalue weighted by Crippen LogP contribution is 2.32. The molecule has 4 aromatic rings. The first-order valence-electron chi connectivity index (χ1n) is 8.88. The van der Waals surface area contributed by atoms with Crippen LogP contribution in [0.1, 0.15) is 15.9 Å². The number of para-hydroxylation sites is 3. The Morgan fingerprint density at radius 2 is 1.54 bits per heavy atom. The smallest absolute Gasteiger partial charge is 0.199 e. The Balaban J connectivity index is 1.55. The molecular formula is C23H15N3O2. The number of nitrogens with zero attached hydrogens (tertiary/aromatic N) is 2. The number of Topliss-reactive ketones (excluding diaryl/α,β-unsaturated/α-hetero) is 1. The molecule has 134 valence electrons. The van der Waals surface area contributed by atoms with Crippen molar-refractivity contribution in [1.82, 2.24) is 9.97 Å². The molecule has 0 unspecified atom stereocenters. The number of allylic oxidation sites excluding steroid dienone is 1. The number of carbonyl (C=O) groups excluding carboxylic acids is 1. The zero-order chi connectivity index (χ0) is 19.1. The van der Waals surface area contributed by atoms with Gasteiger partial charge in [0.1, 0.15) is 11.6 Å². The summed E-state index contributed by atoms with van der Waals surface area (Å²) >= 11 is 0. The summed E-state index contributed by atoms with van der Waals surface area (Å²) in [4.78, 5) is 25.0. The van der Waals surface area contributed by atoms with Gasteiger partial charge in [-0.05, 0) is 24.3 Å². The van der Waals surface area contributed by atoms with Gasteiger partial charge in [-0.1, -0.05) is 48.5 Å². The summed E-state index contributed by atoms with van der Waals surface area (Å²) in [6.07, 6.45) is 1.43. The second kappa shape index (κ2) is 6.32. The van der Waals surface area contributed by atoms with Crippen LogP contribution in [-0.2, 0) is 0 Å². The number of carbonyl (C=O) groups is 1. The normalized spacial score (nSPS) is 13.6. The Labute approximate surface area is 160 Å².